The number of anilines is 1. The van der Waals surface area contributed by atoms with Gasteiger partial charge in [0.2, 0.25) is 0 Å². The summed E-state index contributed by atoms with van der Waals surface area (Å²) in [4.78, 5) is 5.48. The quantitative estimate of drug-likeness (QED) is 0.708. The van der Waals surface area contributed by atoms with Crippen molar-refractivity contribution in [3.05, 3.63) is 23.9 Å². The fourth-order valence-electron chi connectivity index (χ4n) is 1.59. The molecule has 15 heavy (non-hydrogen) atoms. The Kier molecular flexibility index (Phi) is 2.27. The van der Waals surface area contributed by atoms with Crippen LogP contribution >= 0.6 is 0 Å². The Morgan fingerprint density at radius 1 is 1.53 bits per heavy atom. The van der Waals surface area contributed by atoms with Crippen molar-refractivity contribution in [2.75, 3.05) is 18.0 Å². The highest BCUT2D eigenvalue weighted by atomic mass is 19.3. The second-order valence-electron chi connectivity index (χ2n) is 3.54. The van der Waals surface area contributed by atoms with Crippen LogP contribution in [-0.2, 0) is 0 Å². The smallest absolute Gasteiger partial charge is 0.266 e. The van der Waals surface area contributed by atoms with Gasteiger partial charge < -0.3 is 4.90 Å². The number of rotatable bonds is 1. The number of alkyl halides is 2. The molecular weight excluding hydrogens is 200 g/mol. The third-order valence-corrected chi connectivity index (χ3v) is 2.37. The van der Waals surface area contributed by atoms with E-state index in [4.69, 9.17) is 5.26 Å². The number of halogens is 2. The molecule has 1 aromatic heterocycles. The van der Waals surface area contributed by atoms with Crippen molar-refractivity contribution in [3.8, 4) is 6.07 Å². The van der Waals surface area contributed by atoms with E-state index in [1.807, 2.05) is 6.07 Å². The predicted octanol–water partition coefficient (Wildman–Crippen LogP) is 1.80. The number of nitrogens with zero attached hydrogens (tertiary/aromatic N) is 3. The van der Waals surface area contributed by atoms with Crippen molar-refractivity contribution < 1.29 is 8.78 Å². The summed E-state index contributed by atoms with van der Waals surface area (Å²) < 4.78 is 25.9. The van der Waals surface area contributed by atoms with Crippen LogP contribution in [0.25, 0.3) is 0 Å². The summed E-state index contributed by atoms with van der Waals surface area (Å²) in [5, 5.41) is 8.66. The summed E-state index contributed by atoms with van der Waals surface area (Å²) in [5.74, 6) is -2.18. The van der Waals surface area contributed by atoms with Gasteiger partial charge in [0.05, 0.1) is 18.2 Å². The molecule has 2 heterocycles. The fraction of sp³-hybridized carbons (Fsp3) is 0.400. The minimum Gasteiger partial charge on any atom is -0.350 e. The Balaban J connectivity index is 2.21. The molecule has 1 aliphatic rings. The van der Waals surface area contributed by atoms with Crippen LogP contribution in [0.15, 0.2) is 18.3 Å². The van der Waals surface area contributed by atoms with Gasteiger partial charge in [0.1, 0.15) is 5.82 Å². The van der Waals surface area contributed by atoms with Gasteiger partial charge in [0.15, 0.2) is 0 Å². The number of hydrogen-bond donors (Lipinski definition) is 0. The Hall–Kier alpha value is -1.70. The maximum absolute atomic E-state index is 12.9. The predicted molar refractivity (Wildman–Crippen MR) is 50.7 cm³/mol. The monoisotopic (exact) mass is 209 g/mol. The van der Waals surface area contributed by atoms with Crippen LogP contribution in [0, 0.1) is 11.3 Å². The summed E-state index contributed by atoms with van der Waals surface area (Å²) in [6.45, 7) is -0.0240. The van der Waals surface area contributed by atoms with E-state index in [2.05, 4.69) is 4.98 Å². The Bertz CT molecular complexity index is 411. The van der Waals surface area contributed by atoms with Gasteiger partial charge in [-0.2, -0.15) is 5.26 Å². The van der Waals surface area contributed by atoms with Crippen LogP contribution in [-0.4, -0.2) is 24.0 Å². The number of nitriles is 1. The topological polar surface area (TPSA) is 39.9 Å². The summed E-state index contributed by atoms with van der Waals surface area (Å²) in [6.07, 6.45) is 1.32. The summed E-state index contributed by atoms with van der Waals surface area (Å²) >= 11 is 0. The molecule has 0 N–H and O–H groups in total. The molecule has 0 amide bonds. The molecular formula is C10H9F2N3. The third-order valence-electron chi connectivity index (χ3n) is 2.37. The first-order chi connectivity index (χ1) is 7.11. The van der Waals surface area contributed by atoms with E-state index in [-0.39, 0.29) is 19.5 Å². The van der Waals surface area contributed by atoms with E-state index in [1.165, 1.54) is 17.2 Å². The van der Waals surface area contributed by atoms with E-state index in [0.29, 0.717) is 11.4 Å². The SMILES string of the molecule is N#Cc1ccnc(N2CCC(F)(F)C2)c1. The lowest BCUT2D eigenvalue weighted by Crippen LogP contribution is -2.25. The van der Waals surface area contributed by atoms with Crippen LogP contribution < -0.4 is 4.90 Å². The number of aromatic nitrogens is 1. The molecule has 0 atom stereocenters. The van der Waals surface area contributed by atoms with Crippen molar-refractivity contribution in [2.24, 2.45) is 0 Å². The highest BCUT2D eigenvalue weighted by Crippen LogP contribution is 2.29. The highest BCUT2D eigenvalue weighted by molar-refractivity contribution is 5.46. The van der Waals surface area contributed by atoms with Crippen LogP contribution in [0.3, 0.4) is 0 Å². The molecule has 0 radical (unpaired) electrons. The Labute approximate surface area is 86.0 Å². The van der Waals surface area contributed by atoms with Crippen LogP contribution in [0.2, 0.25) is 0 Å². The molecule has 0 saturated carbocycles. The van der Waals surface area contributed by atoms with Gasteiger partial charge in [-0.1, -0.05) is 0 Å². The van der Waals surface area contributed by atoms with E-state index >= 15 is 0 Å². The lowest BCUT2D eigenvalue weighted by molar-refractivity contribution is 0.0256. The minimum atomic E-state index is -2.63. The first-order valence-corrected chi connectivity index (χ1v) is 4.60. The highest BCUT2D eigenvalue weighted by Gasteiger charge is 2.38. The molecule has 0 unspecified atom stereocenters. The van der Waals surface area contributed by atoms with Crippen molar-refractivity contribution in [1.29, 1.82) is 5.26 Å². The normalized spacial score (nSPS) is 18.9. The van der Waals surface area contributed by atoms with E-state index in [0.717, 1.165) is 0 Å². The Morgan fingerprint density at radius 2 is 2.33 bits per heavy atom. The largest absolute Gasteiger partial charge is 0.350 e. The summed E-state index contributed by atoms with van der Waals surface area (Å²) in [7, 11) is 0. The van der Waals surface area contributed by atoms with Crippen LogP contribution in [0.1, 0.15) is 12.0 Å². The number of pyridine rings is 1. The minimum absolute atomic E-state index is 0.147. The maximum Gasteiger partial charge on any atom is 0.266 e. The van der Waals surface area contributed by atoms with Gasteiger partial charge in [0, 0.05) is 19.2 Å². The Morgan fingerprint density at radius 3 is 2.93 bits per heavy atom. The van der Waals surface area contributed by atoms with Crippen molar-refractivity contribution >= 4 is 5.82 Å². The zero-order chi connectivity index (χ0) is 10.9. The van der Waals surface area contributed by atoms with Gasteiger partial charge in [-0.3, -0.25) is 0 Å². The molecule has 1 fully saturated rings. The maximum atomic E-state index is 12.9. The lowest BCUT2D eigenvalue weighted by atomic mass is 10.3. The first-order valence-electron chi connectivity index (χ1n) is 4.60. The van der Waals surface area contributed by atoms with Gasteiger partial charge in [-0.25, -0.2) is 13.8 Å². The molecule has 1 aromatic rings. The first kappa shape index (κ1) is 9.84. The van der Waals surface area contributed by atoms with Crippen molar-refractivity contribution in [1.82, 2.24) is 4.98 Å². The van der Waals surface area contributed by atoms with Crippen molar-refractivity contribution in [3.63, 3.8) is 0 Å². The molecule has 1 aliphatic heterocycles. The molecule has 0 bridgehead atoms. The van der Waals surface area contributed by atoms with Gasteiger partial charge in [0.25, 0.3) is 5.92 Å². The molecule has 0 spiro atoms. The number of hydrogen-bond acceptors (Lipinski definition) is 3. The molecule has 5 heteroatoms. The molecule has 2 rings (SSSR count). The lowest BCUT2D eigenvalue weighted by Gasteiger charge is -2.16. The van der Waals surface area contributed by atoms with Crippen LogP contribution in [0.5, 0.6) is 0 Å². The second-order valence-corrected chi connectivity index (χ2v) is 3.54. The van der Waals surface area contributed by atoms with E-state index in [1.54, 1.807) is 6.07 Å². The van der Waals surface area contributed by atoms with Crippen molar-refractivity contribution in [2.45, 2.75) is 12.3 Å². The van der Waals surface area contributed by atoms with Gasteiger partial charge >= 0.3 is 0 Å². The molecule has 0 aromatic carbocycles. The molecule has 1 saturated heterocycles. The van der Waals surface area contributed by atoms with E-state index < -0.39 is 5.92 Å². The van der Waals surface area contributed by atoms with Gasteiger partial charge in [-0.15, -0.1) is 0 Å². The zero-order valence-corrected chi connectivity index (χ0v) is 7.95. The van der Waals surface area contributed by atoms with Gasteiger partial charge in [-0.05, 0) is 12.1 Å². The average molecular weight is 209 g/mol. The second kappa shape index (κ2) is 3.46. The molecule has 78 valence electrons. The average Bonchev–Trinajstić information content (AvgIpc) is 2.59. The van der Waals surface area contributed by atoms with E-state index in [9.17, 15) is 8.78 Å². The third kappa shape index (κ3) is 2.04. The fourth-order valence-corrected chi connectivity index (χ4v) is 1.59. The molecule has 0 aliphatic carbocycles. The molecule has 3 nitrogen and oxygen atoms in total. The standard InChI is InChI=1S/C10H9F2N3/c11-10(12)2-4-15(7-10)9-5-8(6-13)1-3-14-9/h1,3,5H,2,4,7H2. The summed E-state index contributed by atoms with van der Waals surface area (Å²) in [6, 6.07) is 5.04. The summed E-state index contributed by atoms with van der Waals surface area (Å²) in [5.41, 5.74) is 0.440. The van der Waals surface area contributed by atoms with Crippen LogP contribution in [0.4, 0.5) is 14.6 Å². The zero-order valence-electron chi connectivity index (χ0n) is 7.95.